The number of aromatic nitrogens is 1. The summed E-state index contributed by atoms with van der Waals surface area (Å²) in [5, 5.41) is 14.6. The van der Waals surface area contributed by atoms with E-state index in [9.17, 15) is 9.90 Å². The molecule has 0 bridgehead atoms. The molecule has 2 N–H and O–H groups in total. The maximum atomic E-state index is 13.0. The van der Waals surface area contributed by atoms with Gasteiger partial charge in [0.1, 0.15) is 5.60 Å². The van der Waals surface area contributed by atoms with Gasteiger partial charge in [0.25, 0.3) is 5.91 Å². The normalized spacial score (nSPS) is 33.1. The van der Waals surface area contributed by atoms with E-state index < -0.39 is 5.60 Å². The molecule has 5 rings (SSSR count). The van der Waals surface area contributed by atoms with Crippen molar-refractivity contribution in [3.05, 3.63) is 58.9 Å². The fraction of sp³-hybridized carbons (Fsp3) is 0.533. The van der Waals surface area contributed by atoms with Gasteiger partial charge in [0.2, 0.25) is 0 Å². The van der Waals surface area contributed by atoms with E-state index in [1.165, 1.54) is 11.1 Å². The number of fused-ring (bicyclic) bond motifs is 5. The lowest BCUT2D eigenvalue weighted by Crippen LogP contribution is -2.55. The Morgan fingerprint density at radius 2 is 2.14 bits per heavy atom. The summed E-state index contributed by atoms with van der Waals surface area (Å²) in [7, 11) is 0. The number of rotatable bonds is 4. The molecule has 1 aromatic heterocycles. The summed E-state index contributed by atoms with van der Waals surface area (Å²) in [4.78, 5) is 17.3. The number of carbonyl (C=O) groups is 1. The lowest BCUT2D eigenvalue weighted by Gasteiger charge is -2.55. The monoisotopic (exact) mass is 472 g/mol. The Hall–Kier alpha value is -2.68. The number of hydrogen-bond donors (Lipinski definition) is 2. The molecule has 5 nitrogen and oxygen atoms in total. The molecule has 0 radical (unpaired) electrons. The van der Waals surface area contributed by atoms with Gasteiger partial charge < -0.3 is 15.2 Å². The quantitative estimate of drug-likeness (QED) is 0.595. The van der Waals surface area contributed by atoms with Crippen LogP contribution in [-0.2, 0) is 11.2 Å². The highest BCUT2D eigenvalue weighted by molar-refractivity contribution is 6.04. The standard InChI is InChI=1S/C30H36N2O3/c1-5-14-30(34)15-13-24-23-12-9-20-17-21(28(33)32-25-8-7-16-31-19(25)3)10-11-22(20)27(23)26(35-6-2)18-29(24,30)4/h7-8,10-11,16-17,23-24,26-27,34H,6,9,12-13,15,18H2,1-4H3,(H,32,33)/t23-,24-,26-,27+,29-,30-/m0/s1. The van der Waals surface area contributed by atoms with Gasteiger partial charge in [0.15, 0.2) is 0 Å². The van der Waals surface area contributed by atoms with Crippen molar-refractivity contribution in [2.75, 3.05) is 11.9 Å². The van der Waals surface area contributed by atoms with Crippen LogP contribution in [0.2, 0.25) is 0 Å². The predicted molar refractivity (Wildman–Crippen MR) is 137 cm³/mol. The minimum absolute atomic E-state index is 0.0336. The van der Waals surface area contributed by atoms with E-state index in [4.69, 9.17) is 4.74 Å². The molecule has 1 aromatic carbocycles. The average molecular weight is 473 g/mol. The number of aliphatic hydroxyl groups is 1. The molecular weight excluding hydrogens is 436 g/mol. The highest BCUT2D eigenvalue weighted by Gasteiger charge is 2.63. The number of anilines is 1. The van der Waals surface area contributed by atoms with E-state index in [-0.39, 0.29) is 23.3 Å². The first-order chi connectivity index (χ1) is 16.8. The van der Waals surface area contributed by atoms with E-state index in [0.29, 0.717) is 24.0 Å². The van der Waals surface area contributed by atoms with Crippen molar-refractivity contribution in [2.24, 2.45) is 17.3 Å². The summed E-state index contributed by atoms with van der Waals surface area (Å²) in [5.41, 5.74) is 3.56. The zero-order valence-corrected chi connectivity index (χ0v) is 21.2. The maximum absolute atomic E-state index is 13.0. The number of carbonyl (C=O) groups excluding carboxylic acids is 1. The lowest BCUT2D eigenvalue weighted by molar-refractivity contribution is -0.124. The van der Waals surface area contributed by atoms with Crippen molar-refractivity contribution in [2.45, 2.75) is 77.4 Å². The fourth-order valence-electron chi connectivity index (χ4n) is 7.37. The van der Waals surface area contributed by atoms with Crippen LogP contribution in [0.5, 0.6) is 0 Å². The van der Waals surface area contributed by atoms with Crippen molar-refractivity contribution < 1.29 is 14.6 Å². The van der Waals surface area contributed by atoms with E-state index >= 15 is 0 Å². The van der Waals surface area contributed by atoms with E-state index in [1.54, 1.807) is 6.20 Å². The molecule has 2 aromatic rings. The Morgan fingerprint density at radius 1 is 1.31 bits per heavy atom. The van der Waals surface area contributed by atoms with Gasteiger partial charge in [0.05, 0.1) is 17.5 Å². The summed E-state index contributed by atoms with van der Waals surface area (Å²) in [6.07, 6.45) is 6.28. The lowest BCUT2D eigenvalue weighted by atomic mass is 9.52. The van der Waals surface area contributed by atoms with Gasteiger partial charge in [-0.1, -0.05) is 18.9 Å². The van der Waals surface area contributed by atoms with Crippen LogP contribution in [0.25, 0.3) is 0 Å². The van der Waals surface area contributed by atoms with Crippen molar-refractivity contribution in [3.63, 3.8) is 0 Å². The molecule has 1 amide bonds. The van der Waals surface area contributed by atoms with Crippen LogP contribution >= 0.6 is 0 Å². The van der Waals surface area contributed by atoms with Crippen molar-refractivity contribution in [3.8, 4) is 11.8 Å². The third-order valence-corrected chi connectivity index (χ3v) is 9.06. The largest absolute Gasteiger partial charge is 0.378 e. The molecule has 0 spiro atoms. The van der Waals surface area contributed by atoms with Crippen LogP contribution in [0.15, 0.2) is 36.5 Å². The number of nitrogens with one attached hydrogen (secondary N) is 1. The zero-order valence-electron chi connectivity index (χ0n) is 21.2. The zero-order chi connectivity index (χ0) is 24.8. The number of aryl methyl sites for hydroxylation is 2. The molecule has 35 heavy (non-hydrogen) atoms. The van der Waals surface area contributed by atoms with Crippen LogP contribution in [-0.4, -0.2) is 34.3 Å². The smallest absolute Gasteiger partial charge is 0.255 e. The van der Waals surface area contributed by atoms with Crippen LogP contribution < -0.4 is 5.32 Å². The minimum Gasteiger partial charge on any atom is -0.378 e. The van der Waals surface area contributed by atoms with Crippen molar-refractivity contribution >= 4 is 11.6 Å². The summed E-state index contributed by atoms with van der Waals surface area (Å²) in [5.74, 6) is 7.22. The minimum atomic E-state index is -0.945. The third-order valence-electron chi connectivity index (χ3n) is 9.06. The molecule has 184 valence electrons. The van der Waals surface area contributed by atoms with Gasteiger partial charge in [0, 0.05) is 29.7 Å². The van der Waals surface area contributed by atoms with Crippen molar-refractivity contribution in [1.82, 2.24) is 4.98 Å². The van der Waals surface area contributed by atoms with Gasteiger partial charge in [-0.25, -0.2) is 0 Å². The number of hydrogen-bond acceptors (Lipinski definition) is 4. The van der Waals surface area contributed by atoms with Gasteiger partial charge in [-0.3, -0.25) is 9.78 Å². The SMILES string of the molecule is CC#C[C@]1(O)CC[C@H]2[C@@H]3CCc4cc(C(=O)Nc5cccnc5C)ccc4[C@H]3[C@@H](OCC)C[C@@]21C. The number of ether oxygens (including phenoxy) is 1. The molecule has 6 atom stereocenters. The van der Waals surface area contributed by atoms with E-state index in [2.05, 4.69) is 41.2 Å². The number of amides is 1. The van der Waals surface area contributed by atoms with E-state index in [1.807, 2.05) is 39.0 Å². The van der Waals surface area contributed by atoms with Gasteiger partial charge in [-0.15, -0.1) is 5.92 Å². The Balaban J connectivity index is 1.46. The summed E-state index contributed by atoms with van der Waals surface area (Å²) in [6, 6.07) is 9.87. The average Bonchev–Trinajstić information content (AvgIpc) is 3.10. The topological polar surface area (TPSA) is 71.5 Å². The molecule has 3 aliphatic carbocycles. The van der Waals surface area contributed by atoms with Gasteiger partial charge >= 0.3 is 0 Å². The molecule has 1 heterocycles. The first-order valence-electron chi connectivity index (χ1n) is 12.9. The number of nitrogens with zero attached hydrogens (tertiary/aromatic N) is 1. The van der Waals surface area contributed by atoms with Gasteiger partial charge in [-0.05, 0) is 100 Å². The maximum Gasteiger partial charge on any atom is 0.255 e. The molecule has 0 unspecified atom stereocenters. The van der Waals surface area contributed by atoms with E-state index in [0.717, 1.165) is 43.5 Å². The van der Waals surface area contributed by atoms with Crippen LogP contribution in [0.3, 0.4) is 0 Å². The number of benzene rings is 1. The first-order valence-corrected chi connectivity index (χ1v) is 12.9. The molecule has 5 heteroatoms. The van der Waals surface area contributed by atoms with Crippen LogP contribution in [0.1, 0.15) is 79.6 Å². The summed E-state index contributed by atoms with van der Waals surface area (Å²) < 4.78 is 6.38. The second-order valence-electron chi connectivity index (χ2n) is 10.7. The van der Waals surface area contributed by atoms with Gasteiger partial charge in [-0.2, -0.15) is 0 Å². The Bertz CT molecular complexity index is 1200. The molecule has 3 aliphatic rings. The molecular formula is C30H36N2O3. The Labute approximate surface area is 208 Å². The summed E-state index contributed by atoms with van der Waals surface area (Å²) >= 11 is 0. The fourth-order valence-corrected chi connectivity index (χ4v) is 7.37. The highest BCUT2D eigenvalue weighted by Crippen LogP contribution is 2.64. The second kappa shape index (κ2) is 9.08. The third kappa shape index (κ3) is 3.88. The van der Waals surface area contributed by atoms with Crippen LogP contribution in [0.4, 0.5) is 5.69 Å². The molecule has 0 aliphatic heterocycles. The predicted octanol–water partition coefficient (Wildman–Crippen LogP) is 5.27. The summed E-state index contributed by atoms with van der Waals surface area (Å²) in [6.45, 7) is 8.64. The molecule has 2 fully saturated rings. The van der Waals surface area contributed by atoms with Crippen molar-refractivity contribution in [1.29, 1.82) is 0 Å². The highest BCUT2D eigenvalue weighted by atomic mass is 16.5. The molecule has 0 saturated heterocycles. The molecule has 2 saturated carbocycles. The Morgan fingerprint density at radius 3 is 2.89 bits per heavy atom. The Kier molecular flexibility index (Phi) is 6.23. The first kappa shape index (κ1) is 24.0. The second-order valence-corrected chi connectivity index (χ2v) is 10.7. The number of pyridine rings is 1. The van der Waals surface area contributed by atoms with Crippen LogP contribution in [0, 0.1) is 36.0 Å².